The Balaban J connectivity index is 2.43. The Morgan fingerprint density at radius 3 is 2.06 bits per heavy atom. The molecule has 3 nitrogen and oxygen atoms in total. The Kier molecular flexibility index (Phi) is 2.84. The van der Waals surface area contributed by atoms with Gasteiger partial charge in [0, 0.05) is 17.5 Å². The number of phenolic OH excluding ortho intramolecular Hbond substituents is 2. The number of phenols is 2. The highest BCUT2D eigenvalue weighted by Gasteiger charge is 2.14. The Morgan fingerprint density at radius 1 is 1.00 bits per heavy atom. The van der Waals surface area contributed by atoms with Crippen LogP contribution in [-0.2, 0) is 6.42 Å². The highest BCUT2D eigenvalue weighted by molar-refractivity contribution is 5.49. The minimum Gasteiger partial charge on any atom is -0.508 e. The second-order valence-electron chi connectivity index (χ2n) is 4.41. The summed E-state index contributed by atoms with van der Waals surface area (Å²) < 4.78 is 5.31. The van der Waals surface area contributed by atoms with Gasteiger partial charge >= 0.3 is 0 Å². The van der Waals surface area contributed by atoms with E-state index < -0.39 is 0 Å². The van der Waals surface area contributed by atoms with Crippen molar-refractivity contribution in [3.05, 3.63) is 46.4 Å². The molecule has 0 fully saturated rings. The second-order valence-corrected chi connectivity index (χ2v) is 4.41. The third-order valence-corrected chi connectivity index (χ3v) is 3.01. The minimum atomic E-state index is 0.127. The predicted molar refractivity (Wildman–Crippen MR) is 65.5 cm³/mol. The number of benzene rings is 1. The van der Waals surface area contributed by atoms with Crippen molar-refractivity contribution in [3.63, 3.8) is 0 Å². The van der Waals surface area contributed by atoms with Crippen LogP contribution < -0.4 is 0 Å². The zero-order valence-corrected chi connectivity index (χ0v) is 10.2. The summed E-state index contributed by atoms with van der Waals surface area (Å²) in [4.78, 5) is 0. The molecule has 0 aliphatic rings. The van der Waals surface area contributed by atoms with Crippen LogP contribution in [0.2, 0.25) is 0 Å². The first-order chi connectivity index (χ1) is 7.99. The normalized spacial score (nSPS) is 10.8. The van der Waals surface area contributed by atoms with Crippen LogP contribution in [-0.4, -0.2) is 10.2 Å². The summed E-state index contributed by atoms with van der Waals surface area (Å²) in [7, 11) is 0. The number of aryl methyl sites for hydroxylation is 3. The zero-order valence-electron chi connectivity index (χ0n) is 10.2. The van der Waals surface area contributed by atoms with Crippen LogP contribution in [0.25, 0.3) is 0 Å². The molecule has 0 saturated heterocycles. The van der Waals surface area contributed by atoms with Crippen LogP contribution in [0.5, 0.6) is 11.5 Å². The molecular formula is C14H16O3. The smallest absolute Gasteiger partial charge is 0.123 e. The molecule has 0 unspecified atom stereocenters. The lowest BCUT2D eigenvalue weighted by Gasteiger charge is -2.08. The van der Waals surface area contributed by atoms with E-state index in [0.29, 0.717) is 12.0 Å². The van der Waals surface area contributed by atoms with Gasteiger partial charge < -0.3 is 14.6 Å². The molecule has 17 heavy (non-hydrogen) atoms. The maximum Gasteiger partial charge on any atom is 0.123 e. The Bertz CT molecular complexity index is 510. The Hall–Kier alpha value is -1.90. The van der Waals surface area contributed by atoms with Crippen molar-refractivity contribution < 1.29 is 14.6 Å². The SMILES string of the molecule is Cc1cc(O)c(Cc2c(C)coc2C)c(O)c1. The van der Waals surface area contributed by atoms with Gasteiger partial charge in [0.05, 0.1) is 6.26 Å². The van der Waals surface area contributed by atoms with Gasteiger partial charge in [-0.25, -0.2) is 0 Å². The number of aromatic hydroxyl groups is 2. The summed E-state index contributed by atoms with van der Waals surface area (Å²) >= 11 is 0. The highest BCUT2D eigenvalue weighted by atomic mass is 16.3. The van der Waals surface area contributed by atoms with Crippen molar-refractivity contribution in [2.24, 2.45) is 0 Å². The van der Waals surface area contributed by atoms with Crippen LogP contribution in [0.15, 0.2) is 22.8 Å². The maximum absolute atomic E-state index is 9.86. The standard InChI is InChI=1S/C14H16O3/c1-8-4-13(15)12(14(16)5-8)6-11-9(2)7-17-10(11)3/h4-5,7,15-16H,6H2,1-3H3. The average Bonchev–Trinajstić information content (AvgIpc) is 2.53. The Labute approximate surface area is 100 Å². The molecule has 1 aromatic heterocycles. The van der Waals surface area contributed by atoms with Gasteiger partial charge in [-0.1, -0.05) is 0 Å². The van der Waals surface area contributed by atoms with Gasteiger partial charge in [-0.05, 0) is 44.0 Å². The number of furan rings is 1. The van der Waals surface area contributed by atoms with Gasteiger partial charge in [0.25, 0.3) is 0 Å². The lowest BCUT2D eigenvalue weighted by atomic mass is 9.99. The summed E-state index contributed by atoms with van der Waals surface area (Å²) in [5, 5.41) is 19.7. The lowest BCUT2D eigenvalue weighted by molar-refractivity contribution is 0.439. The largest absolute Gasteiger partial charge is 0.508 e. The van der Waals surface area contributed by atoms with E-state index in [-0.39, 0.29) is 11.5 Å². The van der Waals surface area contributed by atoms with Crippen LogP contribution >= 0.6 is 0 Å². The number of hydrogen-bond acceptors (Lipinski definition) is 3. The van der Waals surface area contributed by atoms with Gasteiger partial charge in [0.2, 0.25) is 0 Å². The van der Waals surface area contributed by atoms with Crippen LogP contribution in [0.4, 0.5) is 0 Å². The summed E-state index contributed by atoms with van der Waals surface area (Å²) in [6.07, 6.45) is 2.17. The van der Waals surface area contributed by atoms with E-state index in [9.17, 15) is 10.2 Å². The molecule has 3 heteroatoms. The summed E-state index contributed by atoms with van der Waals surface area (Å²) in [6.45, 7) is 5.66. The molecule has 2 aromatic rings. The van der Waals surface area contributed by atoms with Crippen LogP contribution in [0, 0.1) is 20.8 Å². The monoisotopic (exact) mass is 232 g/mol. The van der Waals surface area contributed by atoms with E-state index in [4.69, 9.17) is 4.42 Å². The first-order valence-corrected chi connectivity index (χ1v) is 5.54. The molecule has 90 valence electrons. The molecule has 1 aromatic carbocycles. The summed E-state index contributed by atoms with van der Waals surface area (Å²) in [5.74, 6) is 1.08. The summed E-state index contributed by atoms with van der Waals surface area (Å²) in [6, 6.07) is 3.31. The van der Waals surface area contributed by atoms with E-state index >= 15 is 0 Å². The van der Waals surface area contributed by atoms with Crippen molar-refractivity contribution in [2.45, 2.75) is 27.2 Å². The molecule has 1 heterocycles. The van der Waals surface area contributed by atoms with Gasteiger partial charge in [0.1, 0.15) is 17.3 Å². The lowest BCUT2D eigenvalue weighted by Crippen LogP contribution is -1.93. The molecule has 2 rings (SSSR count). The van der Waals surface area contributed by atoms with Gasteiger partial charge in [-0.3, -0.25) is 0 Å². The molecule has 0 atom stereocenters. The van der Waals surface area contributed by atoms with Crippen molar-refractivity contribution in [1.29, 1.82) is 0 Å². The van der Waals surface area contributed by atoms with E-state index in [0.717, 1.165) is 22.5 Å². The van der Waals surface area contributed by atoms with Crippen molar-refractivity contribution in [3.8, 4) is 11.5 Å². The maximum atomic E-state index is 9.86. The molecule has 2 N–H and O–H groups in total. The van der Waals surface area contributed by atoms with E-state index in [1.165, 1.54) is 0 Å². The third kappa shape index (κ3) is 2.13. The third-order valence-electron chi connectivity index (χ3n) is 3.01. The fourth-order valence-corrected chi connectivity index (χ4v) is 2.00. The quantitative estimate of drug-likeness (QED) is 0.836. The van der Waals surface area contributed by atoms with E-state index in [2.05, 4.69) is 0 Å². The van der Waals surface area contributed by atoms with Crippen molar-refractivity contribution in [1.82, 2.24) is 0 Å². The fourth-order valence-electron chi connectivity index (χ4n) is 2.00. The molecule has 0 bridgehead atoms. The minimum absolute atomic E-state index is 0.127. The Morgan fingerprint density at radius 2 is 1.59 bits per heavy atom. The van der Waals surface area contributed by atoms with E-state index in [1.54, 1.807) is 18.4 Å². The predicted octanol–water partition coefficient (Wildman–Crippen LogP) is 3.21. The second kappa shape index (κ2) is 4.17. The topological polar surface area (TPSA) is 53.6 Å². The van der Waals surface area contributed by atoms with Gasteiger partial charge in [-0.15, -0.1) is 0 Å². The summed E-state index contributed by atoms with van der Waals surface area (Å²) in [5.41, 5.74) is 3.42. The number of hydrogen-bond donors (Lipinski definition) is 2. The molecule has 0 aliphatic carbocycles. The zero-order chi connectivity index (χ0) is 12.6. The van der Waals surface area contributed by atoms with Crippen LogP contribution in [0.3, 0.4) is 0 Å². The first kappa shape index (κ1) is 11.6. The number of rotatable bonds is 2. The molecule has 0 radical (unpaired) electrons. The van der Waals surface area contributed by atoms with E-state index in [1.807, 2.05) is 20.8 Å². The highest BCUT2D eigenvalue weighted by Crippen LogP contribution is 2.32. The molecular weight excluding hydrogens is 216 g/mol. The molecule has 0 amide bonds. The van der Waals surface area contributed by atoms with Crippen LogP contribution in [0.1, 0.15) is 28.0 Å². The fraction of sp³-hybridized carbons (Fsp3) is 0.286. The van der Waals surface area contributed by atoms with Crippen molar-refractivity contribution in [2.75, 3.05) is 0 Å². The molecule has 0 spiro atoms. The molecule has 0 aliphatic heterocycles. The van der Waals surface area contributed by atoms with Gasteiger partial charge in [0.15, 0.2) is 0 Å². The van der Waals surface area contributed by atoms with Crippen molar-refractivity contribution >= 4 is 0 Å². The molecule has 0 saturated carbocycles. The van der Waals surface area contributed by atoms with Gasteiger partial charge in [-0.2, -0.15) is 0 Å². The first-order valence-electron chi connectivity index (χ1n) is 5.54. The average molecular weight is 232 g/mol.